The molecule has 0 atom stereocenters. The van der Waals surface area contributed by atoms with Gasteiger partial charge in [0.05, 0.1) is 11.8 Å². The highest BCUT2D eigenvalue weighted by Crippen LogP contribution is 2.21. The number of carbonyl (C=O) groups excluding carboxylic acids is 1. The van der Waals surface area contributed by atoms with Crippen LogP contribution in [0.25, 0.3) is 0 Å². The maximum atomic E-state index is 12.0. The fraction of sp³-hybridized carbons (Fsp3) is 0.167. The van der Waals surface area contributed by atoms with Crippen molar-refractivity contribution in [2.75, 3.05) is 5.73 Å². The van der Waals surface area contributed by atoms with Gasteiger partial charge in [0.1, 0.15) is 5.82 Å². The summed E-state index contributed by atoms with van der Waals surface area (Å²) >= 11 is 9.19. The summed E-state index contributed by atoms with van der Waals surface area (Å²) in [6.07, 6.45) is 1.63. The van der Waals surface area contributed by atoms with Gasteiger partial charge in [-0.15, -0.1) is 0 Å². The first-order valence-corrected chi connectivity index (χ1v) is 6.65. The molecule has 0 radical (unpaired) electrons. The molecule has 5 nitrogen and oxygen atoms in total. The number of hydrogen-bond acceptors (Lipinski definition) is 3. The van der Waals surface area contributed by atoms with Crippen molar-refractivity contribution < 1.29 is 4.79 Å². The highest BCUT2D eigenvalue weighted by atomic mass is 79.9. The van der Waals surface area contributed by atoms with Crippen LogP contribution in [0.3, 0.4) is 0 Å². The van der Waals surface area contributed by atoms with E-state index in [4.69, 9.17) is 17.3 Å². The summed E-state index contributed by atoms with van der Waals surface area (Å²) in [6.45, 7) is 0.317. The van der Waals surface area contributed by atoms with Crippen molar-refractivity contribution >= 4 is 39.3 Å². The minimum atomic E-state index is -0.224. The molecular formula is C12H12BrClN4O. The van der Waals surface area contributed by atoms with Gasteiger partial charge in [0.25, 0.3) is 5.91 Å². The largest absolute Gasteiger partial charge is 0.384 e. The SMILES string of the molecule is Cn1ncc(CNC(=O)c2cc(Cl)ccc2Br)c1N. The third-order valence-corrected chi connectivity index (χ3v) is 3.60. The molecule has 1 amide bonds. The standard InChI is InChI=1S/C12H12BrClN4O/c1-18-11(15)7(6-17-18)5-16-12(19)9-4-8(14)2-3-10(9)13/h2-4,6H,5,15H2,1H3,(H,16,19). The minimum absolute atomic E-state index is 0.224. The number of anilines is 1. The molecule has 1 aromatic heterocycles. The van der Waals surface area contributed by atoms with Crippen LogP contribution in [0.2, 0.25) is 5.02 Å². The van der Waals surface area contributed by atoms with E-state index in [-0.39, 0.29) is 5.91 Å². The smallest absolute Gasteiger partial charge is 0.252 e. The van der Waals surface area contributed by atoms with Crippen LogP contribution in [-0.4, -0.2) is 15.7 Å². The number of carbonyl (C=O) groups is 1. The van der Waals surface area contributed by atoms with Crippen molar-refractivity contribution in [1.82, 2.24) is 15.1 Å². The van der Waals surface area contributed by atoms with Crippen molar-refractivity contribution in [1.29, 1.82) is 0 Å². The molecule has 100 valence electrons. The average Bonchev–Trinajstić information content (AvgIpc) is 2.70. The van der Waals surface area contributed by atoms with Crippen LogP contribution in [0.4, 0.5) is 5.82 Å². The molecule has 2 aromatic rings. The Hall–Kier alpha value is -1.53. The van der Waals surface area contributed by atoms with E-state index in [2.05, 4.69) is 26.3 Å². The van der Waals surface area contributed by atoms with E-state index < -0.39 is 0 Å². The second-order valence-corrected chi connectivity index (χ2v) is 5.28. The number of nitrogens with two attached hydrogens (primary N) is 1. The van der Waals surface area contributed by atoms with E-state index in [1.165, 1.54) is 0 Å². The number of aromatic nitrogens is 2. The van der Waals surface area contributed by atoms with E-state index in [0.717, 1.165) is 5.56 Å². The van der Waals surface area contributed by atoms with Gasteiger partial charge in [0.15, 0.2) is 0 Å². The minimum Gasteiger partial charge on any atom is -0.384 e. The third-order valence-electron chi connectivity index (χ3n) is 2.68. The normalized spacial score (nSPS) is 10.5. The van der Waals surface area contributed by atoms with Crippen LogP contribution in [-0.2, 0) is 13.6 Å². The molecule has 0 bridgehead atoms. The van der Waals surface area contributed by atoms with Crippen molar-refractivity contribution in [2.45, 2.75) is 6.54 Å². The first-order valence-electron chi connectivity index (χ1n) is 5.48. The summed E-state index contributed by atoms with van der Waals surface area (Å²) in [6, 6.07) is 5.05. The molecule has 1 aromatic carbocycles. The number of halogens is 2. The Morgan fingerprint density at radius 2 is 2.32 bits per heavy atom. The topological polar surface area (TPSA) is 72.9 Å². The molecule has 2 rings (SSSR count). The summed E-state index contributed by atoms with van der Waals surface area (Å²) in [5, 5.41) is 7.29. The predicted octanol–water partition coefficient (Wildman–Crippen LogP) is 2.35. The van der Waals surface area contributed by atoms with Crippen LogP contribution in [0.15, 0.2) is 28.9 Å². The number of nitrogen functional groups attached to an aromatic ring is 1. The number of nitrogens with one attached hydrogen (secondary N) is 1. The number of aryl methyl sites for hydroxylation is 1. The van der Waals surface area contributed by atoms with Gasteiger partial charge in [-0.1, -0.05) is 11.6 Å². The number of benzene rings is 1. The first-order chi connectivity index (χ1) is 8.99. The van der Waals surface area contributed by atoms with E-state index in [9.17, 15) is 4.79 Å². The van der Waals surface area contributed by atoms with Gasteiger partial charge >= 0.3 is 0 Å². The fourth-order valence-corrected chi connectivity index (χ4v) is 2.17. The molecule has 0 unspecified atom stereocenters. The summed E-state index contributed by atoms with van der Waals surface area (Å²) in [7, 11) is 1.74. The van der Waals surface area contributed by atoms with Gasteiger partial charge in [-0.25, -0.2) is 0 Å². The summed E-state index contributed by atoms with van der Waals surface area (Å²) in [5.41, 5.74) is 7.05. The maximum absolute atomic E-state index is 12.0. The van der Waals surface area contributed by atoms with Crippen LogP contribution < -0.4 is 11.1 Å². The summed E-state index contributed by atoms with van der Waals surface area (Å²) in [5.74, 6) is 0.308. The Labute approximate surface area is 123 Å². The molecule has 3 N–H and O–H groups in total. The fourth-order valence-electron chi connectivity index (χ4n) is 1.57. The third kappa shape index (κ3) is 3.08. The lowest BCUT2D eigenvalue weighted by Gasteiger charge is -2.07. The molecule has 0 saturated carbocycles. The molecule has 0 aliphatic carbocycles. The van der Waals surface area contributed by atoms with Crippen molar-refractivity contribution in [3.63, 3.8) is 0 Å². The second-order valence-electron chi connectivity index (χ2n) is 3.99. The molecule has 7 heteroatoms. The Bertz CT molecular complexity index is 626. The lowest BCUT2D eigenvalue weighted by Crippen LogP contribution is -2.23. The van der Waals surface area contributed by atoms with Crippen molar-refractivity contribution in [3.05, 3.63) is 45.0 Å². The predicted molar refractivity (Wildman–Crippen MR) is 77.9 cm³/mol. The Morgan fingerprint density at radius 3 is 2.95 bits per heavy atom. The zero-order chi connectivity index (χ0) is 14.0. The number of nitrogens with zero attached hydrogens (tertiary/aromatic N) is 2. The van der Waals surface area contributed by atoms with Gasteiger partial charge in [0, 0.05) is 28.7 Å². The lowest BCUT2D eigenvalue weighted by molar-refractivity contribution is 0.0950. The van der Waals surface area contributed by atoms with Gasteiger partial charge in [-0.2, -0.15) is 5.10 Å². The van der Waals surface area contributed by atoms with Crippen molar-refractivity contribution in [3.8, 4) is 0 Å². The van der Waals surface area contributed by atoms with Gasteiger partial charge in [-0.3, -0.25) is 9.48 Å². The zero-order valence-corrected chi connectivity index (χ0v) is 12.5. The first kappa shape index (κ1) is 13.9. The van der Waals surface area contributed by atoms with Crippen LogP contribution >= 0.6 is 27.5 Å². The number of amides is 1. The average molecular weight is 344 g/mol. The molecule has 1 heterocycles. The highest BCUT2D eigenvalue weighted by Gasteiger charge is 2.12. The van der Waals surface area contributed by atoms with Gasteiger partial charge < -0.3 is 11.1 Å². The molecule has 19 heavy (non-hydrogen) atoms. The molecule has 0 spiro atoms. The Morgan fingerprint density at radius 1 is 1.58 bits per heavy atom. The Balaban J connectivity index is 2.09. The lowest BCUT2D eigenvalue weighted by atomic mass is 10.2. The van der Waals surface area contributed by atoms with Gasteiger partial charge in [-0.05, 0) is 34.1 Å². The van der Waals surface area contributed by atoms with Crippen molar-refractivity contribution in [2.24, 2.45) is 7.05 Å². The van der Waals surface area contributed by atoms with E-state index in [0.29, 0.717) is 27.4 Å². The van der Waals surface area contributed by atoms with Gasteiger partial charge in [0.2, 0.25) is 0 Å². The Kier molecular flexibility index (Phi) is 4.11. The summed E-state index contributed by atoms with van der Waals surface area (Å²) < 4.78 is 2.24. The van der Waals surface area contributed by atoms with E-state index in [1.807, 2.05) is 0 Å². The number of hydrogen-bond donors (Lipinski definition) is 2. The molecule has 0 aliphatic rings. The number of rotatable bonds is 3. The quantitative estimate of drug-likeness (QED) is 0.898. The summed E-state index contributed by atoms with van der Waals surface area (Å²) in [4.78, 5) is 12.0. The van der Waals surface area contributed by atoms with E-state index in [1.54, 1.807) is 36.1 Å². The molecule has 0 saturated heterocycles. The monoisotopic (exact) mass is 342 g/mol. The highest BCUT2D eigenvalue weighted by molar-refractivity contribution is 9.10. The molecule has 0 aliphatic heterocycles. The maximum Gasteiger partial charge on any atom is 0.252 e. The molecular weight excluding hydrogens is 332 g/mol. The zero-order valence-electron chi connectivity index (χ0n) is 10.2. The second kappa shape index (κ2) is 5.63. The van der Waals surface area contributed by atoms with Crippen LogP contribution in [0.5, 0.6) is 0 Å². The van der Waals surface area contributed by atoms with E-state index >= 15 is 0 Å². The molecule has 0 fully saturated rings. The van der Waals surface area contributed by atoms with Crippen LogP contribution in [0.1, 0.15) is 15.9 Å². The van der Waals surface area contributed by atoms with Crippen LogP contribution in [0, 0.1) is 0 Å².